The van der Waals surface area contributed by atoms with Gasteiger partial charge in [-0.15, -0.1) is 0 Å². The molecule has 2 aromatic heterocycles. The zero-order valence-corrected chi connectivity index (χ0v) is 14.2. The molecule has 1 unspecified atom stereocenters. The summed E-state index contributed by atoms with van der Waals surface area (Å²) in [7, 11) is 0. The summed E-state index contributed by atoms with van der Waals surface area (Å²) < 4.78 is 7.15. The molecule has 0 spiro atoms. The van der Waals surface area contributed by atoms with Gasteiger partial charge in [-0.3, -0.25) is 0 Å². The number of carbonyl (C=O) groups excluding carboxylic acids is 1. The van der Waals surface area contributed by atoms with Crippen LogP contribution < -0.4 is 5.32 Å². The van der Waals surface area contributed by atoms with Gasteiger partial charge >= 0.3 is 5.97 Å². The highest BCUT2D eigenvalue weighted by molar-refractivity contribution is 7.08. The summed E-state index contributed by atoms with van der Waals surface area (Å²) in [4.78, 5) is 12.8. The SMILES string of the molecule is CC1=C(C(=O)OCc2ccccc2)C(c2ccsc2)n2nnnc2N1. The summed E-state index contributed by atoms with van der Waals surface area (Å²) in [6, 6.07) is 11.2. The van der Waals surface area contributed by atoms with Crippen molar-refractivity contribution in [3.05, 3.63) is 69.6 Å². The number of hydrogen-bond donors (Lipinski definition) is 1. The molecular weight excluding hydrogens is 338 g/mol. The predicted molar refractivity (Wildman–Crippen MR) is 92.8 cm³/mol. The van der Waals surface area contributed by atoms with Crippen molar-refractivity contribution in [3.8, 4) is 0 Å². The molecule has 0 aliphatic carbocycles. The normalized spacial score (nSPS) is 16.3. The van der Waals surface area contributed by atoms with E-state index in [-0.39, 0.29) is 12.6 Å². The molecule has 3 heterocycles. The molecule has 1 atom stereocenters. The molecule has 1 aliphatic heterocycles. The molecule has 0 bridgehead atoms. The highest BCUT2D eigenvalue weighted by Crippen LogP contribution is 2.35. The molecule has 126 valence electrons. The third kappa shape index (κ3) is 2.91. The van der Waals surface area contributed by atoms with Gasteiger partial charge in [0.2, 0.25) is 5.95 Å². The highest BCUT2D eigenvalue weighted by Gasteiger charge is 2.35. The second-order valence-electron chi connectivity index (χ2n) is 5.63. The fraction of sp³-hybridized carbons (Fsp3) is 0.176. The number of carbonyl (C=O) groups is 1. The van der Waals surface area contributed by atoms with Gasteiger partial charge < -0.3 is 10.1 Å². The number of allylic oxidation sites excluding steroid dienone is 1. The van der Waals surface area contributed by atoms with Crippen LogP contribution in [0.2, 0.25) is 0 Å². The van der Waals surface area contributed by atoms with Gasteiger partial charge in [-0.1, -0.05) is 35.4 Å². The predicted octanol–water partition coefficient (Wildman–Crippen LogP) is 2.77. The zero-order chi connectivity index (χ0) is 17.2. The third-order valence-electron chi connectivity index (χ3n) is 4.01. The highest BCUT2D eigenvalue weighted by atomic mass is 32.1. The summed E-state index contributed by atoms with van der Waals surface area (Å²) in [5, 5.41) is 18.7. The Balaban J connectivity index is 1.65. The molecule has 0 saturated carbocycles. The van der Waals surface area contributed by atoms with Gasteiger partial charge in [-0.2, -0.15) is 16.0 Å². The molecule has 0 radical (unpaired) electrons. The number of ether oxygens (including phenoxy) is 1. The lowest BCUT2D eigenvalue weighted by Gasteiger charge is -2.26. The van der Waals surface area contributed by atoms with Crippen LogP contribution in [-0.4, -0.2) is 26.2 Å². The van der Waals surface area contributed by atoms with Crippen molar-refractivity contribution in [2.45, 2.75) is 19.6 Å². The van der Waals surface area contributed by atoms with Gasteiger partial charge in [0.15, 0.2) is 0 Å². The number of nitrogens with one attached hydrogen (secondary N) is 1. The van der Waals surface area contributed by atoms with Crippen LogP contribution in [0.15, 0.2) is 58.4 Å². The first-order valence-electron chi connectivity index (χ1n) is 7.73. The minimum Gasteiger partial charge on any atom is -0.457 e. The smallest absolute Gasteiger partial charge is 0.338 e. The third-order valence-corrected chi connectivity index (χ3v) is 4.71. The minimum absolute atomic E-state index is 0.218. The molecule has 0 saturated heterocycles. The lowest BCUT2D eigenvalue weighted by Crippen LogP contribution is -2.29. The quantitative estimate of drug-likeness (QED) is 0.726. The number of nitrogens with zero attached hydrogens (tertiary/aromatic N) is 4. The summed E-state index contributed by atoms with van der Waals surface area (Å²) in [6.07, 6.45) is 0. The summed E-state index contributed by atoms with van der Waals surface area (Å²) in [5.74, 6) is 0.125. The fourth-order valence-corrected chi connectivity index (χ4v) is 3.50. The van der Waals surface area contributed by atoms with Crippen LogP contribution in [0, 0.1) is 0 Å². The average Bonchev–Trinajstić information content (AvgIpc) is 3.31. The maximum Gasteiger partial charge on any atom is 0.338 e. The van der Waals surface area contributed by atoms with Crippen LogP contribution >= 0.6 is 11.3 Å². The summed E-state index contributed by atoms with van der Waals surface area (Å²) >= 11 is 1.56. The van der Waals surface area contributed by atoms with E-state index in [4.69, 9.17) is 4.74 Å². The number of aromatic nitrogens is 4. The Morgan fingerprint density at radius 3 is 2.92 bits per heavy atom. The van der Waals surface area contributed by atoms with E-state index in [1.807, 2.05) is 54.1 Å². The Kier molecular flexibility index (Phi) is 4.02. The molecule has 0 fully saturated rings. The Morgan fingerprint density at radius 1 is 1.32 bits per heavy atom. The van der Waals surface area contributed by atoms with Crippen LogP contribution in [0.5, 0.6) is 0 Å². The van der Waals surface area contributed by atoms with Crippen molar-refractivity contribution in [3.63, 3.8) is 0 Å². The van der Waals surface area contributed by atoms with Crippen molar-refractivity contribution < 1.29 is 9.53 Å². The molecule has 25 heavy (non-hydrogen) atoms. The first-order chi connectivity index (χ1) is 12.2. The van der Waals surface area contributed by atoms with Crippen molar-refractivity contribution in [1.82, 2.24) is 20.2 Å². The molecule has 1 N–H and O–H groups in total. The van der Waals surface area contributed by atoms with Gasteiger partial charge in [0.05, 0.1) is 5.57 Å². The Morgan fingerprint density at radius 2 is 2.16 bits per heavy atom. The fourth-order valence-electron chi connectivity index (χ4n) is 2.82. The number of fused-ring (bicyclic) bond motifs is 1. The van der Waals surface area contributed by atoms with E-state index in [9.17, 15) is 4.79 Å². The molecule has 1 aliphatic rings. The van der Waals surface area contributed by atoms with Crippen LogP contribution in [-0.2, 0) is 16.1 Å². The Labute approximate surface area is 147 Å². The number of thiophene rings is 1. The van der Waals surface area contributed by atoms with Crippen LogP contribution in [0.25, 0.3) is 0 Å². The molecule has 4 rings (SSSR count). The standard InChI is InChI=1S/C17H15N5O2S/c1-11-14(16(23)24-9-12-5-3-2-4-6-12)15(13-7-8-25-10-13)22-17(18-11)19-20-21-22/h2-8,10,15H,9H2,1H3,(H,18,19,21). The van der Waals surface area contributed by atoms with Gasteiger partial charge in [0.1, 0.15) is 12.6 Å². The van der Waals surface area contributed by atoms with Crippen molar-refractivity contribution in [2.75, 3.05) is 5.32 Å². The average molecular weight is 353 g/mol. The number of rotatable bonds is 4. The number of esters is 1. The van der Waals surface area contributed by atoms with Crippen LogP contribution in [0.4, 0.5) is 5.95 Å². The Bertz CT molecular complexity index is 918. The van der Waals surface area contributed by atoms with E-state index >= 15 is 0 Å². The lowest BCUT2D eigenvalue weighted by molar-refractivity contribution is -0.140. The van der Waals surface area contributed by atoms with E-state index in [0.717, 1.165) is 11.1 Å². The van der Waals surface area contributed by atoms with Gasteiger partial charge in [0, 0.05) is 5.70 Å². The van der Waals surface area contributed by atoms with E-state index in [1.54, 1.807) is 16.0 Å². The first kappa shape index (κ1) is 15.5. The first-order valence-corrected chi connectivity index (χ1v) is 8.67. The Hall–Kier alpha value is -3.00. The van der Waals surface area contributed by atoms with Gasteiger partial charge in [-0.25, -0.2) is 4.79 Å². The second kappa shape index (κ2) is 6.48. The lowest BCUT2D eigenvalue weighted by atomic mass is 9.98. The van der Waals surface area contributed by atoms with Crippen molar-refractivity contribution in [2.24, 2.45) is 0 Å². The van der Waals surface area contributed by atoms with Gasteiger partial charge in [0.25, 0.3) is 0 Å². The molecule has 7 nitrogen and oxygen atoms in total. The van der Waals surface area contributed by atoms with E-state index in [0.29, 0.717) is 17.2 Å². The molecule has 0 amide bonds. The van der Waals surface area contributed by atoms with Crippen LogP contribution in [0.3, 0.4) is 0 Å². The van der Waals surface area contributed by atoms with E-state index < -0.39 is 6.04 Å². The largest absolute Gasteiger partial charge is 0.457 e. The zero-order valence-electron chi connectivity index (χ0n) is 13.4. The molecular formula is C17H15N5O2S. The maximum absolute atomic E-state index is 12.8. The van der Waals surface area contributed by atoms with Crippen molar-refractivity contribution >= 4 is 23.3 Å². The summed E-state index contributed by atoms with van der Waals surface area (Å²) in [5.41, 5.74) is 3.09. The van der Waals surface area contributed by atoms with Crippen molar-refractivity contribution in [1.29, 1.82) is 0 Å². The number of benzene rings is 1. The maximum atomic E-state index is 12.8. The molecule has 1 aromatic carbocycles. The summed E-state index contributed by atoms with van der Waals surface area (Å²) in [6.45, 7) is 2.05. The topological polar surface area (TPSA) is 81.9 Å². The second-order valence-corrected chi connectivity index (χ2v) is 6.41. The molecule has 8 heteroatoms. The monoisotopic (exact) mass is 353 g/mol. The number of hydrogen-bond acceptors (Lipinski definition) is 7. The minimum atomic E-state index is -0.402. The van der Waals surface area contributed by atoms with Gasteiger partial charge in [-0.05, 0) is 45.3 Å². The van der Waals surface area contributed by atoms with Crippen LogP contribution in [0.1, 0.15) is 24.1 Å². The van der Waals surface area contributed by atoms with E-state index in [1.165, 1.54) is 0 Å². The number of anilines is 1. The van der Waals surface area contributed by atoms with E-state index in [2.05, 4.69) is 20.8 Å². The number of tetrazole rings is 1. The molecule has 3 aromatic rings.